The molecule has 13 heavy (non-hydrogen) atoms. The molecule has 2 nitrogen and oxygen atoms in total. The Bertz CT molecular complexity index is 321. The van der Waals surface area contributed by atoms with E-state index in [0.29, 0.717) is 5.56 Å². The maximum atomic E-state index is 11.3. The number of rotatable bonds is 2. The van der Waals surface area contributed by atoms with Gasteiger partial charge in [0.25, 0.3) is 0 Å². The fourth-order valence-electron chi connectivity index (χ4n) is 1.17. The minimum Gasteiger partial charge on any atom is -0.446 e. The lowest BCUT2D eigenvalue weighted by molar-refractivity contribution is 0.0573. The van der Waals surface area contributed by atoms with E-state index in [1.165, 1.54) is 0 Å². The molecule has 0 unspecified atom stereocenters. The Labute approximate surface area is 82.5 Å². The van der Waals surface area contributed by atoms with Gasteiger partial charge in [0.2, 0.25) is 0 Å². The number of hydrogen-bond donors (Lipinski definition) is 0. The molecule has 0 saturated carbocycles. The molecule has 0 radical (unpaired) electrons. The van der Waals surface area contributed by atoms with E-state index in [1.807, 2.05) is 26.0 Å². The summed E-state index contributed by atoms with van der Waals surface area (Å²) >= 11 is 5.29. The van der Waals surface area contributed by atoms with Crippen LogP contribution in [0.3, 0.4) is 0 Å². The first-order valence-electron chi connectivity index (χ1n) is 3.95. The van der Waals surface area contributed by atoms with Crippen molar-refractivity contribution in [3.05, 3.63) is 34.9 Å². The van der Waals surface area contributed by atoms with Gasteiger partial charge in [-0.3, -0.25) is 0 Å². The van der Waals surface area contributed by atoms with Crippen molar-refractivity contribution in [3.63, 3.8) is 0 Å². The molecule has 1 aromatic carbocycles. The van der Waals surface area contributed by atoms with E-state index in [2.05, 4.69) is 4.74 Å². The quantitative estimate of drug-likeness (QED) is 0.540. The van der Waals surface area contributed by atoms with Crippen molar-refractivity contribution in [1.29, 1.82) is 0 Å². The van der Waals surface area contributed by atoms with Gasteiger partial charge in [0, 0.05) is 0 Å². The van der Waals surface area contributed by atoms with Crippen LogP contribution in [0.4, 0.5) is 0 Å². The highest BCUT2D eigenvalue weighted by Crippen LogP contribution is 2.11. The van der Waals surface area contributed by atoms with E-state index in [4.69, 9.17) is 11.6 Å². The Hall–Kier alpha value is -1.02. The monoisotopic (exact) mass is 198 g/mol. The van der Waals surface area contributed by atoms with Gasteiger partial charge in [-0.15, -0.1) is 0 Å². The summed E-state index contributed by atoms with van der Waals surface area (Å²) in [5.41, 5.74) is 2.61. The summed E-state index contributed by atoms with van der Waals surface area (Å²) in [5.74, 6) is -0.368. The minimum absolute atomic E-state index is 0.105. The lowest BCUT2D eigenvalue weighted by Crippen LogP contribution is -2.05. The number of hydrogen-bond acceptors (Lipinski definition) is 2. The summed E-state index contributed by atoms with van der Waals surface area (Å²) < 4.78 is 4.68. The zero-order chi connectivity index (χ0) is 9.84. The van der Waals surface area contributed by atoms with Gasteiger partial charge in [0.15, 0.2) is 6.07 Å². The van der Waals surface area contributed by atoms with E-state index in [9.17, 15) is 4.79 Å². The maximum Gasteiger partial charge on any atom is 0.339 e. The van der Waals surface area contributed by atoms with E-state index in [0.717, 1.165) is 11.1 Å². The highest BCUT2D eigenvalue weighted by Gasteiger charge is 2.08. The van der Waals surface area contributed by atoms with Gasteiger partial charge in [-0.2, -0.15) is 0 Å². The molecule has 0 atom stereocenters. The number of carbonyl (C=O) groups is 1. The smallest absolute Gasteiger partial charge is 0.339 e. The number of esters is 1. The highest BCUT2D eigenvalue weighted by atomic mass is 35.5. The third kappa shape index (κ3) is 2.46. The molecule has 0 aliphatic heterocycles. The Morgan fingerprint density at radius 2 is 2.15 bits per heavy atom. The van der Waals surface area contributed by atoms with Crippen molar-refractivity contribution in [2.24, 2.45) is 0 Å². The van der Waals surface area contributed by atoms with Gasteiger partial charge in [0.1, 0.15) is 0 Å². The summed E-state index contributed by atoms with van der Waals surface area (Å²) in [6.07, 6.45) is 0. The van der Waals surface area contributed by atoms with Crippen molar-refractivity contribution in [3.8, 4) is 0 Å². The van der Waals surface area contributed by atoms with Gasteiger partial charge < -0.3 is 4.74 Å². The first kappa shape index (κ1) is 10.1. The minimum atomic E-state index is -0.368. The van der Waals surface area contributed by atoms with Gasteiger partial charge in [0.05, 0.1) is 5.56 Å². The third-order valence-corrected chi connectivity index (χ3v) is 1.90. The van der Waals surface area contributed by atoms with E-state index >= 15 is 0 Å². The molecule has 0 bridgehead atoms. The summed E-state index contributed by atoms with van der Waals surface area (Å²) in [5, 5.41) is 0. The van der Waals surface area contributed by atoms with Crippen LogP contribution >= 0.6 is 11.6 Å². The van der Waals surface area contributed by atoms with Crippen LogP contribution in [-0.4, -0.2) is 12.0 Å². The number of aryl methyl sites for hydroxylation is 2. The Balaban J connectivity index is 2.95. The van der Waals surface area contributed by atoms with E-state index in [1.54, 1.807) is 6.07 Å². The summed E-state index contributed by atoms with van der Waals surface area (Å²) in [4.78, 5) is 11.3. The molecule has 0 saturated heterocycles. The lowest BCUT2D eigenvalue weighted by Gasteiger charge is -2.04. The third-order valence-electron chi connectivity index (χ3n) is 1.79. The van der Waals surface area contributed by atoms with Crippen LogP contribution in [0, 0.1) is 13.8 Å². The number of alkyl halides is 1. The van der Waals surface area contributed by atoms with Crippen LogP contribution in [0.5, 0.6) is 0 Å². The largest absolute Gasteiger partial charge is 0.446 e. The first-order valence-corrected chi connectivity index (χ1v) is 4.49. The van der Waals surface area contributed by atoms with Crippen molar-refractivity contribution in [1.82, 2.24) is 0 Å². The second-order valence-electron chi connectivity index (χ2n) is 2.86. The molecule has 3 heteroatoms. The summed E-state index contributed by atoms with van der Waals surface area (Å²) in [6, 6.07) is 5.45. The summed E-state index contributed by atoms with van der Waals surface area (Å²) in [7, 11) is 0. The molecule has 1 rings (SSSR count). The SMILES string of the molecule is Cc1ccc(C(=O)OCCl)c(C)c1. The molecule has 0 amide bonds. The van der Waals surface area contributed by atoms with E-state index in [-0.39, 0.29) is 12.0 Å². The molecule has 0 aromatic heterocycles. The second kappa shape index (κ2) is 4.28. The van der Waals surface area contributed by atoms with Gasteiger partial charge in [-0.05, 0) is 25.5 Å². The standard InChI is InChI=1S/C10H11ClO2/c1-7-3-4-9(8(2)5-7)10(12)13-6-11/h3-5H,6H2,1-2H3. The molecule has 0 fully saturated rings. The molecular formula is C10H11ClO2. The average Bonchev–Trinajstić information content (AvgIpc) is 2.04. The average molecular weight is 199 g/mol. The number of carbonyl (C=O) groups excluding carboxylic acids is 1. The van der Waals surface area contributed by atoms with Gasteiger partial charge in [-0.25, -0.2) is 4.79 Å². The topological polar surface area (TPSA) is 26.3 Å². The van der Waals surface area contributed by atoms with Crippen LogP contribution in [0.15, 0.2) is 18.2 Å². The zero-order valence-corrected chi connectivity index (χ0v) is 8.39. The van der Waals surface area contributed by atoms with E-state index < -0.39 is 0 Å². The Morgan fingerprint density at radius 3 is 2.69 bits per heavy atom. The molecule has 0 aliphatic carbocycles. The van der Waals surface area contributed by atoms with Crippen LogP contribution in [-0.2, 0) is 4.74 Å². The Kier molecular flexibility index (Phi) is 3.32. The van der Waals surface area contributed by atoms with Gasteiger partial charge in [-0.1, -0.05) is 29.3 Å². The normalized spacial score (nSPS) is 9.77. The number of ether oxygens (including phenoxy) is 1. The van der Waals surface area contributed by atoms with Gasteiger partial charge >= 0.3 is 5.97 Å². The molecular weight excluding hydrogens is 188 g/mol. The number of halogens is 1. The Morgan fingerprint density at radius 1 is 1.46 bits per heavy atom. The van der Waals surface area contributed by atoms with Crippen molar-refractivity contribution in [2.45, 2.75) is 13.8 Å². The molecule has 1 aromatic rings. The van der Waals surface area contributed by atoms with Crippen LogP contribution in [0.2, 0.25) is 0 Å². The van der Waals surface area contributed by atoms with Crippen molar-refractivity contribution >= 4 is 17.6 Å². The van der Waals surface area contributed by atoms with Crippen LogP contribution in [0.1, 0.15) is 21.5 Å². The number of benzene rings is 1. The predicted molar refractivity (Wildman–Crippen MR) is 52.1 cm³/mol. The fraction of sp³-hybridized carbons (Fsp3) is 0.300. The zero-order valence-electron chi connectivity index (χ0n) is 7.63. The molecule has 70 valence electrons. The van der Waals surface area contributed by atoms with Crippen molar-refractivity contribution in [2.75, 3.05) is 6.07 Å². The summed E-state index contributed by atoms with van der Waals surface area (Å²) in [6.45, 7) is 3.85. The molecule has 0 heterocycles. The lowest BCUT2D eigenvalue weighted by atomic mass is 10.1. The van der Waals surface area contributed by atoms with Crippen molar-refractivity contribution < 1.29 is 9.53 Å². The molecule has 0 N–H and O–H groups in total. The molecule has 0 spiro atoms. The maximum absolute atomic E-state index is 11.3. The highest BCUT2D eigenvalue weighted by molar-refractivity contribution is 6.17. The molecule has 0 aliphatic rings. The fourth-order valence-corrected chi connectivity index (χ4v) is 1.27. The van der Waals surface area contributed by atoms with Crippen LogP contribution < -0.4 is 0 Å². The van der Waals surface area contributed by atoms with Crippen LogP contribution in [0.25, 0.3) is 0 Å². The first-order chi connectivity index (χ1) is 6.15. The second-order valence-corrected chi connectivity index (χ2v) is 3.08. The predicted octanol–water partition coefficient (Wildman–Crippen LogP) is 2.66.